The molecule has 0 spiro atoms. The Kier molecular flexibility index (Phi) is 3.67. The highest BCUT2D eigenvalue weighted by Gasteiger charge is 2.22. The summed E-state index contributed by atoms with van der Waals surface area (Å²) in [5.74, 6) is 0.908. The standard InChI is InChI=1S/C17H13ClO3/c1-2-20-17(19)14-10-11-9-12(18)7-8-15(11)21-16-6-4-3-5-13(14)16/h3-10H,2H2,1H3. The Morgan fingerprint density at radius 2 is 2.00 bits per heavy atom. The summed E-state index contributed by atoms with van der Waals surface area (Å²) in [6.07, 6.45) is 1.76. The van der Waals surface area contributed by atoms with Gasteiger partial charge < -0.3 is 9.47 Å². The fourth-order valence-electron chi connectivity index (χ4n) is 2.23. The molecular formula is C17H13ClO3. The number of esters is 1. The zero-order valence-electron chi connectivity index (χ0n) is 11.4. The van der Waals surface area contributed by atoms with Gasteiger partial charge in [-0.25, -0.2) is 4.79 Å². The van der Waals surface area contributed by atoms with Crippen molar-refractivity contribution in [2.75, 3.05) is 6.61 Å². The van der Waals surface area contributed by atoms with Gasteiger partial charge in [-0.3, -0.25) is 0 Å². The van der Waals surface area contributed by atoms with E-state index < -0.39 is 0 Å². The fraction of sp³-hybridized carbons (Fsp3) is 0.118. The third-order valence-corrected chi connectivity index (χ3v) is 3.40. The van der Waals surface area contributed by atoms with E-state index in [2.05, 4.69) is 0 Å². The zero-order valence-corrected chi connectivity index (χ0v) is 12.2. The quantitative estimate of drug-likeness (QED) is 0.763. The lowest BCUT2D eigenvalue weighted by molar-refractivity contribution is -0.136. The number of fused-ring (bicyclic) bond motifs is 2. The Bertz CT molecular complexity index is 735. The van der Waals surface area contributed by atoms with E-state index in [1.165, 1.54) is 0 Å². The van der Waals surface area contributed by atoms with Crippen LogP contribution in [0.15, 0.2) is 42.5 Å². The van der Waals surface area contributed by atoms with Crippen LogP contribution >= 0.6 is 11.6 Å². The van der Waals surface area contributed by atoms with Crippen molar-refractivity contribution in [1.29, 1.82) is 0 Å². The molecule has 1 heterocycles. The predicted octanol–water partition coefficient (Wildman–Crippen LogP) is 4.55. The minimum absolute atomic E-state index is 0.321. The number of rotatable bonds is 2. The third kappa shape index (κ3) is 2.65. The van der Waals surface area contributed by atoms with Crippen molar-refractivity contribution in [1.82, 2.24) is 0 Å². The van der Waals surface area contributed by atoms with Crippen LogP contribution in [0.2, 0.25) is 5.02 Å². The molecule has 4 heteroatoms. The van der Waals surface area contributed by atoms with Crippen molar-refractivity contribution in [3.8, 4) is 11.5 Å². The maximum Gasteiger partial charge on any atom is 0.338 e. The Morgan fingerprint density at radius 1 is 1.19 bits per heavy atom. The summed E-state index contributed by atoms with van der Waals surface area (Å²) in [4.78, 5) is 12.2. The smallest absolute Gasteiger partial charge is 0.338 e. The first-order valence-corrected chi connectivity index (χ1v) is 7.02. The molecule has 0 N–H and O–H groups in total. The minimum atomic E-state index is -0.374. The van der Waals surface area contributed by atoms with Gasteiger partial charge in [-0.05, 0) is 37.3 Å². The largest absolute Gasteiger partial charge is 0.462 e. The van der Waals surface area contributed by atoms with Gasteiger partial charge in [0.2, 0.25) is 0 Å². The number of carbonyl (C=O) groups excluding carboxylic acids is 1. The summed E-state index contributed by atoms with van der Waals surface area (Å²) in [5, 5.41) is 0.586. The lowest BCUT2D eigenvalue weighted by Crippen LogP contribution is -2.06. The molecule has 21 heavy (non-hydrogen) atoms. The molecule has 3 nitrogen and oxygen atoms in total. The molecule has 3 rings (SSSR count). The summed E-state index contributed by atoms with van der Waals surface area (Å²) in [5.41, 5.74) is 1.93. The second-order valence-corrected chi connectivity index (χ2v) is 5.00. The van der Waals surface area contributed by atoms with E-state index in [1.807, 2.05) is 24.3 Å². The first-order valence-electron chi connectivity index (χ1n) is 6.64. The van der Waals surface area contributed by atoms with E-state index in [9.17, 15) is 4.79 Å². The first kappa shape index (κ1) is 13.7. The molecule has 106 valence electrons. The number of benzene rings is 2. The highest BCUT2D eigenvalue weighted by Crippen LogP contribution is 2.39. The van der Waals surface area contributed by atoms with E-state index in [1.54, 1.807) is 31.2 Å². The van der Waals surface area contributed by atoms with Crippen LogP contribution in [0.1, 0.15) is 18.1 Å². The summed E-state index contributed by atoms with van der Waals surface area (Å²) in [7, 11) is 0. The Morgan fingerprint density at radius 3 is 2.81 bits per heavy atom. The Hall–Kier alpha value is -2.26. The molecule has 1 aliphatic rings. The topological polar surface area (TPSA) is 35.5 Å². The van der Waals surface area contributed by atoms with E-state index in [4.69, 9.17) is 21.1 Å². The maximum absolute atomic E-state index is 12.2. The van der Waals surface area contributed by atoms with Crippen LogP contribution in [0.4, 0.5) is 0 Å². The molecule has 0 aliphatic carbocycles. The Labute approximate surface area is 127 Å². The second-order valence-electron chi connectivity index (χ2n) is 4.56. The van der Waals surface area contributed by atoms with Crippen LogP contribution in [-0.2, 0) is 9.53 Å². The van der Waals surface area contributed by atoms with E-state index in [0.717, 1.165) is 5.56 Å². The molecule has 2 aromatic carbocycles. The molecule has 0 bridgehead atoms. The number of ether oxygens (including phenoxy) is 2. The molecule has 0 saturated heterocycles. The molecule has 1 aliphatic heterocycles. The molecule has 0 unspecified atom stereocenters. The molecule has 2 aromatic rings. The normalized spacial score (nSPS) is 12.4. The van der Waals surface area contributed by atoms with E-state index in [-0.39, 0.29) is 5.97 Å². The van der Waals surface area contributed by atoms with Crippen molar-refractivity contribution < 1.29 is 14.3 Å². The lowest BCUT2D eigenvalue weighted by Gasteiger charge is -2.10. The van der Waals surface area contributed by atoms with Gasteiger partial charge in [-0.15, -0.1) is 0 Å². The molecule has 0 aromatic heterocycles. The van der Waals surface area contributed by atoms with E-state index >= 15 is 0 Å². The minimum Gasteiger partial charge on any atom is -0.462 e. The number of hydrogen-bond donors (Lipinski definition) is 0. The highest BCUT2D eigenvalue weighted by molar-refractivity contribution is 6.31. The van der Waals surface area contributed by atoms with Crippen LogP contribution < -0.4 is 4.74 Å². The van der Waals surface area contributed by atoms with Crippen LogP contribution in [0.3, 0.4) is 0 Å². The summed E-state index contributed by atoms with van der Waals surface area (Å²) in [6.45, 7) is 2.10. The summed E-state index contributed by atoms with van der Waals surface area (Å²) >= 11 is 6.03. The number of carbonyl (C=O) groups is 1. The van der Waals surface area contributed by atoms with Crippen molar-refractivity contribution in [3.63, 3.8) is 0 Å². The predicted molar refractivity (Wildman–Crippen MR) is 82.5 cm³/mol. The molecule has 0 saturated carbocycles. The summed E-state index contributed by atoms with van der Waals surface area (Å²) < 4.78 is 11.0. The van der Waals surface area contributed by atoms with E-state index in [0.29, 0.717) is 34.3 Å². The molecular weight excluding hydrogens is 288 g/mol. The SMILES string of the molecule is CCOC(=O)C1=Cc2cc(Cl)ccc2Oc2ccccc21. The van der Waals surface area contributed by atoms with Gasteiger partial charge in [0.05, 0.1) is 12.2 Å². The zero-order chi connectivity index (χ0) is 14.8. The van der Waals surface area contributed by atoms with Crippen LogP contribution in [0, 0.1) is 0 Å². The van der Waals surface area contributed by atoms with Crippen LogP contribution in [0.5, 0.6) is 11.5 Å². The van der Waals surface area contributed by atoms with Gasteiger partial charge in [-0.1, -0.05) is 29.8 Å². The molecule has 0 atom stereocenters. The first-order chi connectivity index (χ1) is 10.2. The van der Waals surface area contributed by atoms with Gasteiger partial charge >= 0.3 is 5.97 Å². The van der Waals surface area contributed by atoms with Crippen molar-refractivity contribution in [3.05, 3.63) is 58.6 Å². The average molecular weight is 301 g/mol. The third-order valence-electron chi connectivity index (χ3n) is 3.16. The van der Waals surface area contributed by atoms with Crippen LogP contribution in [0.25, 0.3) is 11.6 Å². The van der Waals surface area contributed by atoms with Gasteiger partial charge in [-0.2, -0.15) is 0 Å². The number of para-hydroxylation sites is 1. The van der Waals surface area contributed by atoms with Crippen molar-refractivity contribution in [2.45, 2.75) is 6.92 Å². The molecule has 0 radical (unpaired) electrons. The van der Waals surface area contributed by atoms with Gasteiger partial charge in [0.25, 0.3) is 0 Å². The Balaban J connectivity index is 2.20. The molecule has 0 fully saturated rings. The number of hydrogen-bond acceptors (Lipinski definition) is 3. The fourth-order valence-corrected chi connectivity index (χ4v) is 2.41. The van der Waals surface area contributed by atoms with Gasteiger partial charge in [0.15, 0.2) is 0 Å². The highest BCUT2D eigenvalue weighted by atomic mass is 35.5. The monoisotopic (exact) mass is 300 g/mol. The number of halogens is 1. The van der Waals surface area contributed by atoms with Gasteiger partial charge in [0.1, 0.15) is 11.5 Å². The van der Waals surface area contributed by atoms with Crippen molar-refractivity contribution >= 4 is 29.2 Å². The lowest BCUT2D eigenvalue weighted by atomic mass is 10.0. The van der Waals surface area contributed by atoms with Crippen LogP contribution in [-0.4, -0.2) is 12.6 Å². The molecule has 0 amide bonds. The average Bonchev–Trinajstić information content (AvgIpc) is 2.64. The summed E-state index contributed by atoms with van der Waals surface area (Å²) in [6, 6.07) is 12.7. The van der Waals surface area contributed by atoms with Crippen molar-refractivity contribution in [2.24, 2.45) is 0 Å². The maximum atomic E-state index is 12.2. The van der Waals surface area contributed by atoms with Gasteiger partial charge in [0, 0.05) is 16.1 Å². The second kappa shape index (κ2) is 5.62.